The number of aliphatic hydroxyl groups is 9. The van der Waals surface area contributed by atoms with Crippen LogP contribution in [0.25, 0.3) is 0 Å². The summed E-state index contributed by atoms with van der Waals surface area (Å²) in [5.41, 5.74) is -0.704. The van der Waals surface area contributed by atoms with Crippen molar-refractivity contribution < 1.29 is 84.3 Å². The summed E-state index contributed by atoms with van der Waals surface area (Å²) in [7, 11) is 0. The molecule has 8 aliphatic rings. The molecule has 3 aliphatic heterocycles. The van der Waals surface area contributed by atoms with Crippen molar-refractivity contribution in [2.24, 2.45) is 50.2 Å². The van der Waals surface area contributed by atoms with E-state index in [4.69, 9.17) is 28.4 Å². The standard InChI is InChI=1S/C47H76O17/c1-22-30(50)33(53)35(55)38(60-22)64-37-32(52)26(62-39-36(56)34(54)31(51)25(19-48)61-39)20-59-40(37)63-29-11-12-43(4)27(44(29,5)21-49)10-13-46(7)28(43)9-8-23-24-18-42(2,3)14-16-47(24,41(57)58)17-15-45(23,46)6/h8,22,24-40,48-56H,9-21H2,1-7H3,(H,57,58)/t22-,24+,25+,26-,27+,28-,29-,30-,31+,32+,33-,34-,35-,36+,37+,38+,39-,40+,43+,44-,45+,46-,47+/m1/s1. The minimum Gasteiger partial charge on any atom is -0.481 e. The van der Waals surface area contributed by atoms with Crippen molar-refractivity contribution in [2.75, 3.05) is 19.8 Å². The number of hydrogen-bond acceptors (Lipinski definition) is 16. The summed E-state index contributed by atoms with van der Waals surface area (Å²) in [5, 5.41) is 108. The number of ether oxygens (including phenoxy) is 6. The van der Waals surface area contributed by atoms with Crippen molar-refractivity contribution in [1.82, 2.24) is 0 Å². The Balaban J connectivity index is 1.05. The molecule has 0 unspecified atom stereocenters. The molecule has 7 fully saturated rings. The van der Waals surface area contributed by atoms with Crippen LogP contribution in [0.5, 0.6) is 0 Å². The molecular formula is C47H76O17. The third-order valence-electron chi connectivity index (χ3n) is 19.1. The van der Waals surface area contributed by atoms with Gasteiger partial charge in [0.1, 0.15) is 61.0 Å². The minimum atomic E-state index is -1.77. The molecule has 4 saturated carbocycles. The van der Waals surface area contributed by atoms with Gasteiger partial charge < -0.3 is 79.5 Å². The number of allylic oxidation sites excluding steroid dienone is 2. The monoisotopic (exact) mass is 913 g/mol. The lowest BCUT2D eigenvalue weighted by atomic mass is 9.33. The van der Waals surface area contributed by atoms with Gasteiger partial charge >= 0.3 is 5.97 Å². The zero-order valence-corrected chi connectivity index (χ0v) is 38.5. The predicted molar refractivity (Wildman–Crippen MR) is 225 cm³/mol. The molecular weight excluding hydrogens is 837 g/mol. The highest BCUT2D eigenvalue weighted by Crippen LogP contribution is 2.76. The van der Waals surface area contributed by atoms with Gasteiger partial charge in [0.2, 0.25) is 0 Å². The molecule has 366 valence electrons. The van der Waals surface area contributed by atoms with Gasteiger partial charge in [-0.25, -0.2) is 0 Å². The molecule has 5 aliphatic carbocycles. The molecule has 3 saturated heterocycles. The van der Waals surface area contributed by atoms with Gasteiger partial charge in [-0.3, -0.25) is 4.79 Å². The first-order chi connectivity index (χ1) is 29.9. The summed E-state index contributed by atoms with van der Waals surface area (Å²) in [5.74, 6) is -0.441. The van der Waals surface area contributed by atoms with Gasteiger partial charge in [0.15, 0.2) is 18.9 Å². The molecule has 23 atom stereocenters. The third-order valence-corrected chi connectivity index (χ3v) is 19.1. The fourth-order valence-electron chi connectivity index (χ4n) is 14.8. The average molecular weight is 913 g/mol. The second kappa shape index (κ2) is 17.2. The zero-order chi connectivity index (χ0) is 46.7. The van der Waals surface area contributed by atoms with Gasteiger partial charge in [0.25, 0.3) is 0 Å². The summed E-state index contributed by atoms with van der Waals surface area (Å²) in [6, 6.07) is 0. The topological polar surface area (TPSA) is 275 Å². The normalized spacial score (nSPS) is 55.0. The molecule has 64 heavy (non-hydrogen) atoms. The first-order valence-electron chi connectivity index (χ1n) is 23.7. The number of carboxylic acids is 1. The summed E-state index contributed by atoms with van der Waals surface area (Å²) in [6.07, 6.45) is -11.7. The molecule has 0 aromatic heterocycles. The first-order valence-corrected chi connectivity index (χ1v) is 23.7. The maximum atomic E-state index is 13.1. The zero-order valence-electron chi connectivity index (χ0n) is 38.5. The summed E-state index contributed by atoms with van der Waals surface area (Å²) in [4.78, 5) is 13.1. The number of aliphatic hydroxyl groups excluding tert-OH is 9. The molecule has 0 radical (unpaired) electrons. The fourth-order valence-corrected chi connectivity index (χ4v) is 14.8. The quantitative estimate of drug-likeness (QED) is 0.116. The third kappa shape index (κ3) is 7.49. The number of rotatable bonds is 9. The molecule has 17 nitrogen and oxygen atoms in total. The average Bonchev–Trinajstić information content (AvgIpc) is 3.24. The van der Waals surface area contributed by atoms with Crippen LogP contribution in [0.4, 0.5) is 0 Å². The SMILES string of the molecule is C[C@H]1O[C@@H](O[C@@H]2[C@H](O[C@@H]3CC[C@@]4(C)[C@H](CC[C@]5(C)[C@@H]4CC=C4[C@@H]6CC(C)(C)CC[C@]6(C(=O)O)CC[C@@]45C)[C@@]3(C)CO)OC[C@@H](O[C@H]3O[C@@H](CO)[C@H](O)[C@@H](O)[C@@H]3O)[C@@H]2O)[C@H](O)[C@H](O)[C@@H]1O. The van der Waals surface area contributed by atoms with E-state index in [0.717, 1.165) is 44.9 Å². The van der Waals surface area contributed by atoms with Crippen LogP contribution in [-0.4, -0.2) is 169 Å². The van der Waals surface area contributed by atoms with Crippen LogP contribution in [0.15, 0.2) is 11.6 Å². The van der Waals surface area contributed by atoms with Crippen LogP contribution in [0.3, 0.4) is 0 Å². The first kappa shape index (κ1) is 49.0. The smallest absolute Gasteiger partial charge is 0.310 e. The van der Waals surface area contributed by atoms with E-state index in [-0.39, 0.29) is 52.6 Å². The van der Waals surface area contributed by atoms with Gasteiger partial charge in [-0.15, -0.1) is 0 Å². The Hall–Kier alpha value is -1.39. The van der Waals surface area contributed by atoms with E-state index in [1.807, 2.05) is 6.92 Å². The van der Waals surface area contributed by atoms with Gasteiger partial charge in [-0.2, -0.15) is 0 Å². The lowest BCUT2D eigenvalue weighted by Gasteiger charge is -2.71. The molecule has 3 heterocycles. The van der Waals surface area contributed by atoms with Crippen molar-refractivity contribution in [1.29, 1.82) is 0 Å². The van der Waals surface area contributed by atoms with Crippen LogP contribution >= 0.6 is 0 Å². The summed E-state index contributed by atoms with van der Waals surface area (Å²) in [6.45, 7) is 14.0. The molecule has 17 heteroatoms. The number of fused-ring (bicyclic) bond motifs is 7. The van der Waals surface area contributed by atoms with E-state index in [0.29, 0.717) is 19.3 Å². The van der Waals surface area contributed by atoms with Crippen molar-refractivity contribution in [3.8, 4) is 0 Å². The lowest BCUT2D eigenvalue weighted by Crippen LogP contribution is -2.67. The Morgan fingerprint density at radius 2 is 1.38 bits per heavy atom. The molecule has 0 bridgehead atoms. The van der Waals surface area contributed by atoms with Crippen molar-refractivity contribution in [2.45, 2.75) is 205 Å². The van der Waals surface area contributed by atoms with Crippen molar-refractivity contribution in [3.63, 3.8) is 0 Å². The highest BCUT2D eigenvalue weighted by Gasteiger charge is 2.70. The van der Waals surface area contributed by atoms with Crippen LogP contribution in [0.1, 0.15) is 113 Å². The van der Waals surface area contributed by atoms with E-state index in [9.17, 15) is 55.9 Å². The van der Waals surface area contributed by atoms with Gasteiger partial charge in [0, 0.05) is 5.41 Å². The molecule has 0 spiro atoms. The van der Waals surface area contributed by atoms with Crippen LogP contribution in [-0.2, 0) is 33.2 Å². The van der Waals surface area contributed by atoms with Gasteiger partial charge in [-0.1, -0.05) is 53.2 Å². The van der Waals surface area contributed by atoms with Gasteiger partial charge in [-0.05, 0) is 111 Å². The van der Waals surface area contributed by atoms with E-state index in [1.165, 1.54) is 12.5 Å². The van der Waals surface area contributed by atoms with E-state index < -0.39 is 116 Å². The Morgan fingerprint density at radius 3 is 2.03 bits per heavy atom. The maximum Gasteiger partial charge on any atom is 0.310 e. The van der Waals surface area contributed by atoms with Crippen LogP contribution < -0.4 is 0 Å². The minimum absolute atomic E-state index is 0.00757. The highest BCUT2D eigenvalue weighted by molar-refractivity contribution is 5.76. The van der Waals surface area contributed by atoms with E-state index >= 15 is 0 Å². The molecule has 0 aromatic carbocycles. The Labute approximate surface area is 376 Å². The number of carboxylic acid groups (broad SMARTS) is 1. The summed E-state index contributed by atoms with van der Waals surface area (Å²) < 4.78 is 36.5. The van der Waals surface area contributed by atoms with E-state index in [2.05, 4.69) is 40.7 Å². The molecule has 8 rings (SSSR count). The Kier molecular flexibility index (Phi) is 13.2. The van der Waals surface area contributed by atoms with Crippen molar-refractivity contribution >= 4 is 5.97 Å². The molecule has 10 N–H and O–H groups in total. The fraction of sp³-hybridized carbons (Fsp3) is 0.936. The number of hydrogen-bond donors (Lipinski definition) is 10. The highest BCUT2D eigenvalue weighted by atomic mass is 16.8. The molecule has 0 amide bonds. The van der Waals surface area contributed by atoms with Crippen LogP contribution in [0.2, 0.25) is 0 Å². The number of aliphatic carboxylic acids is 1. The maximum absolute atomic E-state index is 13.1. The van der Waals surface area contributed by atoms with Gasteiger partial charge in [0.05, 0.1) is 37.4 Å². The Bertz CT molecular complexity index is 1750. The van der Waals surface area contributed by atoms with E-state index in [1.54, 1.807) is 0 Å². The predicted octanol–water partition coefficient (Wildman–Crippen LogP) is 1.35. The number of carbonyl (C=O) groups is 1. The summed E-state index contributed by atoms with van der Waals surface area (Å²) >= 11 is 0. The molecule has 0 aromatic rings. The lowest BCUT2D eigenvalue weighted by molar-refractivity contribution is -0.381. The van der Waals surface area contributed by atoms with Crippen molar-refractivity contribution in [3.05, 3.63) is 11.6 Å². The van der Waals surface area contributed by atoms with Crippen LogP contribution in [0, 0.1) is 50.2 Å². The second-order valence-electron chi connectivity index (χ2n) is 22.9. The Morgan fingerprint density at radius 1 is 0.719 bits per heavy atom. The largest absolute Gasteiger partial charge is 0.481 e. The second-order valence-corrected chi connectivity index (χ2v) is 22.9.